The molecule has 0 spiro atoms. The van der Waals surface area contributed by atoms with E-state index in [4.69, 9.17) is 10.8 Å². The molecule has 0 heterocycles. The SMILES string of the molecule is CC(C)(CCNC(=O)CCC(=O)O)NCCN. The summed E-state index contributed by atoms with van der Waals surface area (Å²) in [6.45, 7) is 5.91. The fourth-order valence-corrected chi connectivity index (χ4v) is 1.32. The van der Waals surface area contributed by atoms with Crippen molar-refractivity contribution in [2.24, 2.45) is 5.73 Å². The Bertz CT molecular complexity index is 254. The number of rotatable bonds is 9. The van der Waals surface area contributed by atoms with E-state index in [0.717, 1.165) is 13.0 Å². The van der Waals surface area contributed by atoms with Crippen LogP contribution in [0.3, 0.4) is 0 Å². The average molecular weight is 245 g/mol. The molecule has 6 heteroatoms. The molecule has 1 amide bonds. The van der Waals surface area contributed by atoms with E-state index >= 15 is 0 Å². The minimum Gasteiger partial charge on any atom is -0.481 e. The first-order chi connectivity index (χ1) is 7.87. The highest BCUT2D eigenvalue weighted by atomic mass is 16.4. The first-order valence-corrected chi connectivity index (χ1v) is 5.81. The largest absolute Gasteiger partial charge is 0.481 e. The van der Waals surface area contributed by atoms with Gasteiger partial charge >= 0.3 is 5.97 Å². The predicted octanol–water partition coefficient (Wildman–Crippen LogP) is -0.316. The van der Waals surface area contributed by atoms with Crippen molar-refractivity contribution in [3.05, 3.63) is 0 Å². The topological polar surface area (TPSA) is 104 Å². The lowest BCUT2D eigenvalue weighted by Gasteiger charge is -2.26. The zero-order chi connectivity index (χ0) is 13.3. The fourth-order valence-electron chi connectivity index (χ4n) is 1.32. The summed E-state index contributed by atoms with van der Waals surface area (Å²) in [4.78, 5) is 21.5. The van der Waals surface area contributed by atoms with Gasteiger partial charge < -0.3 is 21.5 Å². The molecule has 0 aliphatic carbocycles. The van der Waals surface area contributed by atoms with Gasteiger partial charge in [0.1, 0.15) is 0 Å². The standard InChI is InChI=1S/C11H23N3O3/c1-11(2,14-8-6-12)5-7-13-9(15)3-4-10(16)17/h14H,3-8,12H2,1-2H3,(H,13,15)(H,16,17). The second-order valence-electron chi connectivity index (χ2n) is 4.59. The first-order valence-electron chi connectivity index (χ1n) is 5.81. The molecule has 0 rings (SSSR count). The molecule has 0 radical (unpaired) electrons. The van der Waals surface area contributed by atoms with Crippen LogP contribution in [0.4, 0.5) is 0 Å². The Morgan fingerprint density at radius 2 is 1.88 bits per heavy atom. The van der Waals surface area contributed by atoms with E-state index in [2.05, 4.69) is 10.6 Å². The number of nitrogens with two attached hydrogens (primary N) is 1. The van der Waals surface area contributed by atoms with Crippen LogP contribution in [0.5, 0.6) is 0 Å². The molecular formula is C11H23N3O3. The zero-order valence-electron chi connectivity index (χ0n) is 10.6. The number of nitrogens with one attached hydrogen (secondary N) is 2. The number of hydrogen-bond donors (Lipinski definition) is 4. The second kappa shape index (κ2) is 8.03. The van der Waals surface area contributed by atoms with Crippen molar-refractivity contribution in [2.75, 3.05) is 19.6 Å². The molecule has 6 nitrogen and oxygen atoms in total. The molecule has 100 valence electrons. The highest BCUT2D eigenvalue weighted by Crippen LogP contribution is 2.06. The fraction of sp³-hybridized carbons (Fsp3) is 0.818. The highest BCUT2D eigenvalue weighted by molar-refractivity contribution is 5.80. The molecule has 0 aliphatic heterocycles. The number of carbonyl (C=O) groups excluding carboxylic acids is 1. The van der Waals surface area contributed by atoms with Crippen molar-refractivity contribution < 1.29 is 14.7 Å². The molecule has 0 saturated carbocycles. The Kier molecular flexibility index (Phi) is 7.49. The molecule has 0 atom stereocenters. The number of carboxylic acid groups (broad SMARTS) is 1. The summed E-state index contributed by atoms with van der Waals surface area (Å²) < 4.78 is 0. The molecule has 0 saturated heterocycles. The van der Waals surface area contributed by atoms with Crippen LogP contribution in [0.2, 0.25) is 0 Å². The van der Waals surface area contributed by atoms with Crippen molar-refractivity contribution in [1.82, 2.24) is 10.6 Å². The van der Waals surface area contributed by atoms with Crippen LogP contribution in [-0.2, 0) is 9.59 Å². The molecule has 5 N–H and O–H groups in total. The number of aliphatic carboxylic acids is 1. The van der Waals surface area contributed by atoms with Gasteiger partial charge in [0, 0.05) is 31.6 Å². The van der Waals surface area contributed by atoms with Crippen molar-refractivity contribution in [1.29, 1.82) is 0 Å². The molecule has 0 fully saturated rings. The highest BCUT2D eigenvalue weighted by Gasteiger charge is 2.16. The lowest BCUT2D eigenvalue weighted by atomic mass is 10.0. The third kappa shape index (κ3) is 9.77. The van der Waals surface area contributed by atoms with Gasteiger partial charge in [0.2, 0.25) is 5.91 Å². The third-order valence-corrected chi connectivity index (χ3v) is 2.39. The summed E-state index contributed by atoms with van der Waals surface area (Å²) in [6, 6.07) is 0. The predicted molar refractivity (Wildman–Crippen MR) is 65.6 cm³/mol. The van der Waals surface area contributed by atoms with E-state index < -0.39 is 5.97 Å². The van der Waals surface area contributed by atoms with Crippen LogP contribution < -0.4 is 16.4 Å². The lowest BCUT2D eigenvalue weighted by molar-refractivity contribution is -0.138. The van der Waals surface area contributed by atoms with Gasteiger partial charge in [0.05, 0.1) is 6.42 Å². The quantitative estimate of drug-likeness (QED) is 0.446. The van der Waals surface area contributed by atoms with Gasteiger partial charge in [0.25, 0.3) is 0 Å². The van der Waals surface area contributed by atoms with E-state index in [1.54, 1.807) is 0 Å². The van der Waals surface area contributed by atoms with E-state index in [1.165, 1.54) is 0 Å². The number of carbonyl (C=O) groups is 2. The second-order valence-corrected chi connectivity index (χ2v) is 4.59. The van der Waals surface area contributed by atoms with Crippen LogP contribution in [-0.4, -0.2) is 42.2 Å². The Morgan fingerprint density at radius 1 is 1.24 bits per heavy atom. The molecule has 0 aromatic heterocycles. The van der Waals surface area contributed by atoms with E-state index in [9.17, 15) is 9.59 Å². The smallest absolute Gasteiger partial charge is 0.303 e. The van der Waals surface area contributed by atoms with Crippen molar-refractivity contribution >= 4 is 11.9 Å². The van der Waals surface area contributed by atoms with Crippen molar-refractivity contribution in [3.63, 3.8) is 0 Å². The summed E-state index contributed by atoms with van der Waals surface area (Å²) in [5, 5.41) is 14.4. The van der Waals surface area contributed by atoms with Gasteiger partial charge in [-0.05, 0) is 20.3 Å². The minimum atomic E-state index is -0.954. The number of carboxylic acids is 1. The van der Waals surface area contributed by atoms with Crippen molar-refractivity contribution in [3.8, 4) is 0 Å². The summed E-state index contributed by atoms with van der Waals surface area (Å²) in [7, 11) is 0. The molecular weight excluding hydrogens is 222 g/mol. The van der Waals surface area contributed by atoms with Crippen LogP contribution in [0.25, 0.3) is 0 Å². The number of amides is 1. The normalized spacial score (nSPS) is 11.2. The molecule has 17 heavy (non-hydrogen) atoms. The Labute approximate surface area is 102 Å². The molecule has 0 aromatic carbocycles. The monoisotopic (exact) mass is 245 g/mol. The van der Waals surface area contributed by atoms with Gasteiger partial charge in [-0.1, -0.05) is 0 Å². The van der Waals surface area contributed by atoms with Crippen LogP contribution >= 0.6 is 0 Å². The maximum absolute atomic E-state index is 11.2. The Morgan fingerprint density at radius 3 is 2.41 bits per heavy atom. The van der Waals surface area contributed by atoms with Crippen LogP contribution in [0.15, 0.2) is 0 Å². The number of hydrogen-bond acceptors (Lipinski definition) is 4. The molecule has 0 bridgehead atoms. The average Bonchev–Trinajstić information content (AvgIpc) is 2.23. The Hall–Kier alpha value is -1.14. The van der Waals surface area contributed by atoms with Gasteiger partial charge in [0.15, 0.2) is 0 Å². The van der Waals surface area contributed by atoms with E-state index in [-0.39, 0.29) is 24.3 Å². The summed E-state index contributed by atoms with van der Waals surface area (Å²) in [5.74, 6) is -1.17. The summed E-state index contributed by atoms with van der Waals surface area (Å²) in [5.41, 5.74) is 5.31. The van der Waals surface area contributed by atoms with Gasteiger partial charge in [-0.15, -0.1) is 0 Å². The zero-order valence-corrected chi connectivity index (χ0v) is 10.6. The van der Waals surface area contributed by atoms with E-state index in [1.807, 2.05) is 13.8 Å². The summed E-state index contributed by atoms with van der Waals surface area (Å²) >= 11 is 0. The van der Waals surface area contributed by atoms with Gasteiger partial charge in [-0.3, -0.25) is 9.59 Å². The molecule has 0 aliphatic rings. The van der Waals surface area contributed by atoms with Gasteiger partial charge in [-0.2, -0.15) is 0 Å². The van der Waals surface area contributed by atoms with Crippen LogP contribution in [0, 0.1) is 0 Å². The van der Waals surface area contributed by atoms with Crippen LogP contribution in [0.1, 0.15) is 33.1 Å². The maximum Gasteiger partial charge on any atom is 0.303 e. The lowest BCUT2D eigenvalue weighted by Crippen LogP contribution is -2.44. The summed E-state index contributed by atoms with van der Waals surface area (Å²) in [6.07, 6.45) is 0.679. The van der Waals surface area contributed by atoms with Crippen molar-refractivity contribution in [2.45, 2.75) is 38.6 Å². The minimum absolute atomic E-state index is 0.0337. The third-order valence-electron chi connectivity index (χ3n) is 2.39. The van der Waals surface area contributed by atoms with E-state index in [0.29, 0.717) is 13.1 Å². The first kappa shape index (κ1) is 15.9. The van der Waals surface area contributed by atoms with Gasteiger partial charge in [-0.25, -0.2) is 0 Å². The Balaban J connectivity index is 3.67. The maximum atomic E-state index is 11.2. The molecule has 0 aromatic rings. The molecule has 0 unspecified atom stereocenters.